The van der Waals surface area contributed by atoms with Gasteiger partial charge in [0, 0.05) is 22.3 Å². The van der Waals surface area contributed by atoms with Gasteiger partial charge in [0.1, 0.15) is 0 Å². The molecule has 1 aromatic heterocycles. The molecule has 0 aliphatic heterocycles. The van der Waals surface area contributed by atoms with Gasteiger partial charge in [0.2, 0.25) is 0 Å². The summed E-state index contributed by atoms with van der Waals surface area (Å²) in [4.78, 5) is 0. The van der Waals surface area contributed by atoms with Crippen LogP contribution in [0.5, 0.6) is 0 Å². The van der Waals surface area contributed by atoms with Crippen LogP contribution in [-0.2, 0) is 6.54 Å². The van der Waals surface area contributed by atoms with Gasteiger partial charge in [-0.05, 0) is 47.0 Å². The number of thiophene rings is 1. The van der Waals surface area contributed by atoms with Crippen LogP contribution >= 0.6 is 22.9 Å². The molecular weight excluding hydrogens is 286 g/mol. The molecule has 1 unspecified atom stereocenters. The molecule has 3 heteroatoms. The summed E-state index contributed by atoms with van der Waals surface area (Å²) < 4.78 is 1.35. The highest BCUT2D eigenvalue weighted by Crippen LogP contribution is 2.26. The largest absolute Gasteiger partial charge is 0.306 e. The second-order valence-corrected chi connectivity index (χ2v) is 6.26. The third kappa shape index (κ3) is 2.88. The summed E-state index contributed by atoms with van der Waals surface area (Å²) in [6, 6.07) is 16.9. The van der Waals surface area contributed by atoms with E-state index >= 15 is 0 Å². The first kappa shape index (κ1) is 13.6. The first-order valence-electron chi connectivity index (χ1n) is 6.68. The molecule has 0 radical (unpaired) electrons. The van der Waals surface area contributed by atoms with Crippen molar-refractivity contribution in [2.45, 2.75) is 19.5 Å². The second-order valence-electron chi connectivity index (χ2n) is 4.91. The molecule has 3 rings (SSSR count). The number of benzene rings is 2. The van der Waals surface area contributed by atoms with E-state index in [4.69, 9.17) is 11.6 Å². The van der Waals surface area contributed by atoms with Crippen molar-refractivity contribution in [2.24, 2.45) is 0 Å². The van der Waals surface area contributed by atoms with Crippen molar-refractivity contribution in [1.82, 2.24) is 5.32 Å². The molecular formula is C17H16ClNS. The highest BCUT2D eigenvalue weighted by Gasteiger charge is 2.07. The summed E-state index contributed by atoms with van der Waals surface area (Å²) in [7, 11) is 0. The lowest BCUT2D eigenvalue weighted by Crippen LogP contribution is -2.17. The van der Waals surface area contributed by atoms with Gasteiger partial charge in [0.15, 0.2) is 0 Å². The molecule has 1 N–H and O–H groups in total. The summed E-state index contributed by atoms with van der Waals surface area (Å²) >= 11 is 7.84. The predicted octanol–water partition coefficient (Wildman–Crippen LogP) is 5.41. The van der Waals surface area contributed by atoms with Crippen molar-refractivity contribution in [1.29, 1.82) is 0 Å². The maximum Gasteiger partial charge on any atom is 0.0409 e. The number of fused-ring (bicyclic) bond motifs is 1. The van der Waals surface area contributed by atoms with Crippen LogP contribution in [0.25, 0.3) is 10.1 Å². The lowest BCUT2D eigenvalue weighted by Gasteiger charge is -2.14. The molecule has 0 bridgehead atoms. The van der Waals surface area contributed by atoms with Gasteiger partial charge in [-0.25, -0.2) is 0 Å². The van der Waals surface area contributed by atoms with Crippen molar-refractivity contribution in [2.75, 3.05) is 0 Å². The van der Waals surface area contributed by atoms with Crippen LogP contribution in [0.15, 0.2) is 53.9 Å². The van der Waals surface area contributed by atoms with Gasteiger partial charge in [-0.1, -0.05) is 41.9 Å². The molecule has 0 aliphatic carbocycles. The third-order valence-corrected chi connectivity index (χ3v) is 4.76. The Morgan fingerprint density at radius 3 is 2.85 bits per heavy atom. The fraction of sp³-hybridized carbons (Fsp3) is 0.176. The predicted molar refractivity (Wildman–Crippen MR) is 88.5 cm³/mol. The van der Waals surface area contributed by atoms with E-state index in [9.17, 15) is 0 Å². The Kier molecular flexibility index (Phi) is 4.06. The van der Waals surface area contributed by atoms with Gasteiger partial charge in [0.05, 0.1) is 0 Å². The average molecular weight is 302 g/mol. The molecule has 0 fully saturated rings. The lowest BCUT2D eigenvalue weighted by atomic mass is 10.1. The van der Waals surface area contributed by atoms with Crippen LogP contribution in [0.3, 0.4) is 0 Å². The van der Waals surface area contributed by atoms with Crippen molar-refractivity contribution in [3.05, 3.63) is 70.1 Å². The van der Waals surface area contributed by atoms with Crippen LogP contribution in [0, 0.1) is 0 Å². The lowest BCUT2D eigenvalue weighted by molar-refractivity contribution is 0.577. The van der Waals surface area contributed by atoms with Gasteiger partial charge >= 0.3 is 0 Å². The Morgan fingerprint density at radius 2 is 2.00 bits per heavy atom. The maximum absolute atomic E-state index is 6.04. The fourth-order valence-corrected chi connectivity index (χ4v) is 3.49. The molecule has 0 saturated carbocycles. The van der Waals surface area contributed by atoms with Crippen molar-refractivity contribution in [3.63, 3.8) is 0 Å². The van der Waals surface area contributed by atoms with E-state index in [2.05, 4.69) is 48.0 Å². The Labute approximate surface area is 128 Å². The van der Waals surface area contributed by atoms with E-state index in [0.29, 0.717) is 0 Å². The molecule has 0 saturated heterocycles. The van der Waals surface area contributed by atoms with Gasteiger partial charge in [-0.2, -0.15) is 0 Å². The molecule has 0 aliphatic rings. The Hall–Kier alpha value is -1.35. The average Bonchev–Trinajstić information content (AvgIpc) is 2.88. The van der Waals surface area contributed by atoms with Crippen LogP contribution in [0.1, 0.15) is 24.1 Å². The Morgan fingerprint density at radius 1 is 1.15 bits per heavy atom. The molecule has 0 amide bonds. The number of rotatable bonds is 4. The number of nitrogens with one attached hydrogen (secondary N) is 1. The molecule has 20 heavy (non-hydrogen) atoms. The third-order valence-electron chi connectivity index (χ3n) is 3.51. The van der Waals surface area contributed by atoms with E-state index in [1.165, 1.54) is 21.2 Å². The highest BCUT2D eigenvalue weighted by molar-refractivity contribution is 7.17. The topological polar surface area (TPSA) is 12.0 Å². The summed E-state index contributed by atoms with van der Waals surface area (Å²) in [5.74, 6) is 0. The van der Waals surface area contributed by atoms with E-state index < -0.39 is 0 Å². The smallest absolute Gasteiger partial charge is 0.0409 e. The highest BCUT2D eigenvalue weighted by atomic mass is 35.5. The fourth-order valence-electron chi connectivity index (χ4n) is 2.33. The van der Waals surface area contributed by atoms with E-state index in [-0.39, 0.29) is 6.04 Å². The van der Waals surface area contributed by atoms with Crippen molar-refractivity contribution < 1.29 is 0 Å². The quantitative estimate of drug-likeness (QED) is 0.680. The van der Waals surface area contributed by atoms with E-state index in [1.807, 2.05) is 18.2 Å². The molecule has 0 spiro atoms. The van der Waals surface area contributed by atoms with Crippen LogP contribution in [0.2, 0.25) is 5.02 Å². The standard InChI is InChI=1S/C17H16ClNS/c1-12(13-5-4-6-15(18)9-13)19-10-14-11-20-17-8-3-2-7-16(14)17/h2-9,11-12,19H,10H2,1H3. The van der Waals surface area contributed by atoms with Gasteiger partial charge in [-0.15, -0.1) is 11.3 Å². The van der Waals surface area contributed by atoms with Crippen molar-refractivity contribution >= 4 is 33.0 Å². The minimum atomic E-state index is 0.285. The van der Waals surface area contributed by atoms with Gasteiger partial charge in [-0.3, -0.25) is 0 Å². The number of hydrogen-bond acceptors (Lipinski definition) is 2. The minimum Gasteiger partial charge on any atom is -0.306 e. The number of halogens is 1. The normalized spacial score (nSPS) is 12.7. The molecule has 3 aromatic rings. The zero-order chi connectivity index (χ0) is 13.9. The zero-order valence-electron chi connectivity index (χ0n) is 11.3. The van der Waals surface area contributed by atoms with Crippen LogP contribution in [-0.4, -0.2) is 0 Å². The molecule has 2 aromatic carbocycles. The van der Waals surface area contributed by atoms with Crippen LogP contribution < -0.4 is 5.32 Å². The van der Waals surface area contributed by atoms with E-state index in [0.717, 1.165) is 11.6 Å². The summed E-state index contributed by atoms with van der Waals surface area (Å²) in [5.41, 5.74) is 2.58. The Bertz CT molecular complexity index is 720. The van der Waals surface area contributed by atoms with Crippen LogP contribution in [0.4, 0.5) is 0 Å². The first-order valence-corrected chi connectivity index (χ1v) is 7.94. The molecule has 1 heterocycles. The van der Waals surface area contributed by atoms with Gasteiger partial charge < -0.3 is 5.32 Å². The number of hydrogen-bond donors (Lipinski definition) is 1. The monoisotopic (exact) mass is 301 g/mol. The van der Waals surface area contributed by atoms with E-state index in [1.54, 1.807) is 11.3 Å². The summed E-state index contributed by atoms with van der Waals surface area (Å²) in [6.07, 6.45) is 0. The molecule has 102 valence electrons. The van der Waals surface area contributed by atoms with Gasteiger partial charge in [0.25, 0.3) is 0 Å². The molecule has 1 nitrogen and oxygen atoms in total. The minimum absolute atomic E-state index is 0.285. The zero-order valence-corrected chi connectivity index (χ0v) is 12.8. The summed E-state index contributed by atoms with van der Waals surface area (Å²) in [6.45, 7) is 3.04. The SMILES string of the molecule is CC(NCc1csc2ccccc12)c1cccc(Cl)c1. The maximum atomic E-state index is 6.04. The molecule has 1 atom stereocenters. The summed E-state index contributed by atoms with van der Waals surface area (Å²) in [5, 5.41) is 7.95. The Balaban J connectivity index is 1.73. The second kappa shape index (κ2) is 5.96. The van der Waals surface area contributed by atoms with Crippen molar-refractivity contribution in [3.8, 4) is 0 Å². The first-order chi connectivity index (χ1) is 9.74.